The van der Waals surface area contributed by atoms with Gasteiger partial charge in [-0.05, 0) is 45.0 Å². The van der Waals surface area contributed by atoms with Crippen LogP contribution in [0.4, 0.5) is 24.7 Å². The number of carbonyl (C=O) groups excluding carboxylic acids is 1. The maximum atomic E-state index is 15.2. The highest BCUT2D eigenvalue weighted by Crippen LogP contribution is 2.47. The number of amides is 1. The smallest absolute Gasteiger partial charge is 0.318 e. The molecular formula is C31H36F3N7O3. The van der Waals surface area contributed by atoms with Crippen LogP contribution in [0.25, 0.3) is 0 Å². The van der Waals surface area contributed by atoms with Crippen LogP contribution >= 0.6 is 0 Å². The summed E-state index contributed by atoms with van der Waals surface area (Å²) in [7, 11) is 2.06. The van der Waals surface area contributed by atoms with Gasteiger partial charge in [0.25, 0.3) is 11.8 Å². The lowest BCUT2D eigenvalue weighted by atomic mass is 9.97. The van der Waals surface area contributed by atoms with Crippen LogP contribution in [-0.2, 0) is 23.7 Å². The summed E-state index contributed by atoms with van der Waals surface area (Å²) in [4.78, 5) is 29.6. The van der Waals surface area contributed by atoms with Gasteiger partial charge in [-0.1, -0.05) is 12.6 Å². The van der Waals surface area contributed by atoms with E-state index in [4.69, 9.17) is 19.4 Å². The van der Waals surface area contributed by atoms with Gasteiger partial charge >= 0.3 is 6.01 Å². The Balaban J connectivity index is 1.33. The highest BCUT2D eigenvalue weighted by molar-refractivity contribution is 5.91. The molecule has 0 saturated carbocycles. The predicted octanol–water partition coefficient (Wildman–Crippen LogP) is 3.80. The lowest BCUT2D eigenvalue weighted by molar-refractivity contribution is -0.131. The summed E-state index contributed by atoms with van der Waals surface area (Å²) < 4.78 is 55.8. The van der Waals surface area contributed by atoms with Crippen LogP contribution in [-0.4, -0.2) is 90.7 Å². The number of hydrogen-bond donors (Lipinski definition) is 0. The SMILES string of the molecule is C=C(F)C(=O)N1CCN(c2nc(OC[C@@H]3CCCN3C)nc3c2CCN(c2cccc4c2C(F)(F)CCO4)C3)C[C@@H]1CC#N. The highest BCUT2D eigenvalue weighted by Gasteiger charge is 2.42. The van der Waals surface area contributed by atoms with Crippen LogP contribution in [0.15, 0.2) is 30.6 Å². The summed E-state index contributed by atoms with van der Waals surface area (Å²) in [5, 5.41) is 9.46. The molecule has 44 heavy (non-hydrogen) atoms. The van der Waals surface area contributed by atoms with Gasteiger partial charge in [0.2, 0.25) is 0 Å². The summed E-state index contributed by atoms with van der Waals surface area (Å²) in [5.41, 5.74) is 1.85. The number of anilines is 2. The van der Waals surface area contributed by atoms with E-state index in [9.17, 15) is 14.4 Å². The Kier molecular flexibility index (Phi) is 8.28. The molecule has 2 fully saturated rings. The van der Waals surface area contributed by atoms with Crippen molar-refractivity contribution in [2.24, 2.45) is 0 Å². The van der Waals surface area contributed by atoms with Crippen LogP contribution in [0.2, 0.25) is 0 Å². The van der Waals surface area contributed by atoms with Crippen molar-refractivity contribution in [2.75, 3.05) is 62.8 Å². The fourth-order valence-electron chi connectivity index (χ4n) is 6.72. The zero-order valence-electron chi connectivity index (χ0n) is 24.8. The zero-order chi connectivity index (χ0) is 31.0. The van der Waals surface area contributed by atoms with E-state index in [1.54, 1.807) is 18.2 Å². The first-order chi connectivity index (χ1) is 21.2. The van der Waals surface area contributed by atoms with Crippen molar-refractivity contribution in [3.63, 3.8) is 0 Å². The van der Waals surface area contributed by atoms with E-state index < -0.39 is 23.7 Å². The monoisotopic (exact) mass is 611 g/mol. The van der Waals surface area contributed by atoms with E-state index in [-0.39, 0.29) is 62.4 Å². The minimum absolute atomic E-state index is 0.0172. The van der Waals surface area contributed by atoms with Gasteiger partial charge in [-0.25, -0.2) is 13.2 Å². The number of nitriles is 1. The quantitative estimate of drug-likeness (QED) is 0.433. The van der Waals surface area contributed by atoms with Gasteiger partial charge in [-0.3, -0.25) is 4.79 Å². The molecule has 0 spiro atoms. The molecule has 13 heteroatoms. The Bertz CT molecular complexity index is 1480. The molecule has 4 aliphatic heterocycles. The van der Waals surface area contributed by atoms with Gasteiger partial charge < -0.3 is 29.1 Å². The maximum Gasteiger partial charge on any atom is 0.318 e. The summed E-state index contributed by atoms with van der Waals surface area (Å²) in [6.45, 7) is 6.02. The molecular weight excluding hydrogens is 575 g/mol. The van der Waals surface area contributed by atoms with Crippen molar-refractivity contribution < 1.29 is 27.4 Å². The fraction of sp³-hybridized carbons (Fsp3) is 0.548. The molecule has 2 atom stereocenters. The number of piperazine rings is 1. The molecule has 10 nitrogen and oxygen atoms in total. The molecule has 0 N–H and O–H groups in total. The summed E-state index contributed by atoms with van der Waals surface area (Å²) in [6.07, 6.45) is 2.21. The average molecular weight is 612 g/mol. The molecule has 234 valence electrons. The fourth-order valence-corrected chi connectivity index (χ4v) is 6.72. The molecule has 6 rings (SSSR count). The minimum atomic E-state index is -3.01. The third-order valence-electron chi connectivity index (χ3n) is 9.09. The van der Waals surface area contributed by atoms with Gasteiger partial charge in [0.15, 0.2) is 5.83 Å². The average Bonchev–Trinajstić information content (AvgIpc) is 3.43. The molecule has 1 aromatic heterocycles. The number of alkyl halides is 2. The third-order valence-corrected chi connectivity index (χ3v) is 9.09. The first-order valence-corrected chi connectivity index (χ1v) is 15.1. The van der Waals surface area contributed by atoms with E-state index in [0.29, 0.717) is 43.3 Å². The van der Waals surface area contributed by atoms with Gasteiger partial charge in [-0.15, -0.1) is 0 Å². The number of carbonyl (C=O) groups is 1. The normalized spacial score (nSPS) is 22.9. The molecule has 2 saturated heterocycles. The van der Waals surface area contributed by atoms with E-state index >= 15 is 8.78 Å². The van der Waals surface area contributed by atoms with Crippen LogP contribution in [0.1, 0.15) is 42.5 Å². The second-order valence-corrected chi connectivity index (χ2v) is 11.8. The second kappa shape index (κ2) is 12.1. The van der Waals surface area contributed by atoms with Crippen LogP contribution in [0.5, 0.6) is 11.8 Å². The molecule has 1 amide bonds. The van der Waals surface area contributed by atoms with Crippen LogP contribution < -0.4 is 19.3 Å². The van der Waals surface area contributed by atoms with Gasteiger partial charge in [0.1, 0.15) is 18.2 Å². The number of halogens is 3. The first-order valence-electron chi connectivity index (χ1n) is 15.1. The standard InChI is InChI=1S/C31H36F3N7O3/c1-20(32)29(42)41-15-14-40(17-21(41)8-11-35)28-23-9-13-39(25-6-3-7-26-27(25)31(33,34)10-16-43-26)18-24(23)36-30(37-28)44-19-22-5-4-12-38(22)2/h3,6-7,21-22H,1,4-5,8-10,12-19H2,2H3/t21-,22-/m0/s1. The minimum Gasteiger partial charge on any atom is -0.493 e. The van der Waals surface area contributed by atoms with E-state index in [2.05, 4.69) is 24.6 Å². The molecule has 0 radical (unpaired) electrons. The van der Waals surface area contributed by atoms with E-state index in [1.165, 1.54) is 4.90 Å². The largest absolute Gasteiger partial charge is 0.493 e. The Hall–Kier alpha value is -4.05. The Morgan fingerprint density at radius 3 is 2.80 bits per heavy atom. The van der Waals surface area contributed by atoms with Crippen molar-refractivity contribution in [3.05, 3.63) is 47.4 Å². The number of nitrogens with zero attached hydrogens (tertiary/aromatic N) is 7. The van der Waals surface area contributed by atoms with Gasteiger partial charge in [0.05, 0.1) is 55.0 Å². The molecule has 4 aliphatic rings. The molecule has 0 unspecified atom stereocenters. The zero-order valence-corrected chi connectivity index (χ0v) is 24.8. The predicted molar refractivity (Wildman–Crippen MR) is 157 cm³/mol. The molecule has 5 heterocycles. The molecule has 0 bridgehead atoms. The highest BCUT2D eigenvalue weighted by atomic mass is 19.3. The Morgan fingerprint density at radius 2 is 2.05 bits per heavy atom. The van der Waals surface area contributed by atoms with Gasteiger partial charge in [-0.2, -0.15) is 15.2 Å². The lowest BCUT2D eigenvalue weighted by Crippen LogP contribution is -2.55. The third kappa shape index (κ3) is 5.75. The lowest BCUT2D eigenvalue weighted by Gasteiger charge is -2.42. The first kappa shape index (κ1) is 30.0. The van der Waals surface area contributed by atoms with E-state index in [0.717, 1.165) is 24.9 Å². The molecule has 1 aromatic carbocycles. The van der Waals surface area contributed by atoms with Crippen molar-refractivity contribution in [1.82, 2.24) is 19.8 Å². The number of ether oxygens (including phenoxy) is 2. The number of fused-ring (bicyclic) bond motifs is 2. The summed E-state index contributed by atoms with van der Waals surface area (Å²) in [5.74, 6) is -4.07. The summed E-state index contributed by atoms with van der Waals surface area (Å²) in [6, 6.07) is 6.97. The number of benzene rings is 1. The van der Waals surface area contributed by atoms with Crippen molar-refractivity contribution in [1.29, 1.82) is 5.26 Å². The van der Waals surface area contributed by atoms with E-state index in [1.807, 2.05) is 9.80 Å². The Morgan fingerprint density at radius 1 is 1.20 bits per heavy atom. The number of rotatable bonds is 7. The second-order valence-electron chi connectivity index (χ2n) is 11.8. The molecule has 0 aliphatic carbocycles. The number of aromatic nitrogens is 2. The van der Waals surface area contributed by atoms with Crippen molar-refractivity contribution in [2.45, 2.75) is 56.7 Å². The maximum absolute atomic E-state index is 15.2. The topological polar surface area (TPSA) is 98.1 Å². The van der Waals surface area contributed by atoms with Crippen LogP contribution in [0.3, 0.4) is 0 Å². The molecule has 2 aromatic rings. The van der Waals surface area contributed by atoms with Gasteiger partial charge in [0, 0.05) is 37.8 Å². The Labute approximate surface area is 254 Å². The van der Waals surface area contributed by atoms with Crippen molar-refractivity contribution >= 4 is 17.4 Å². The van der Waals surface area contributed by atoms with Crippen molar-refractivity contribution in [3.8, 4) is 17.8 Å². The number of likely N-dealkylation sites (tertiary alicyclic amines) is 1. The van der Waals surface area contributed by atoms with Crippen LogP contribution in [0, 0.1) is 11.3 Å². The summed E-state index contributed by atoms with van der Waals surface area (Å²) >= 11 is 0. The number of hydrogen-bond acceptors (Lipinski definition) is 9. The number of likely N-dealkylation sites (N-methyl/N-ethyl adjacent to an activating group) is 1.